The van der Waals surface area contributed by atoms with Gasteiger partial charge in [0.15, 0.2) is 5.78 Å². The number of aromatic nitrogens is 1. The third-order valence-electron chi connectivity index (χ3n) is 5.55. The number of amides is 1. The van der Waals surface area contributed by atoms with Crippen LogP contribution in [-0.4, -0.2) is 54.3 Å². The molecule has 6 nitrogen and oxygen atoms in total. The van der Waals surface area contributed by atoms with Gasteiger partial charge in [-0.25, -0.2) is 4.98 Å². The molecule has 1 N–H and O–H groups in total. The first-order chi connectivity index (χ1) is 13.7. The van der Waals surface area contributed by atoms with Crippen molar-refractivity contribution in [3.63, 3.8) is 0 Å². The minimum Gasteiger partial charge on any atom is -0.354 e. The standard InChI is InChI=1S/C22H26N4O2/c27-20(18-6-8-19-17(16-18)7-9-22(28)24-19)4-3-11-25-12-14-26(15-13-25)21-5-1-2-10-23-21/h1-2,5-6,8,10,16H,3-4,7,9,11-15H2,(H,24,28). The van der Waals surface area contributed by atoms with Crippen molar-refractivity contribution in [3.8, 4) is 0 Å². The van der Waals surface area contributed by atoms with E-state index in [4.69, 9.17) is 0 Å². The molecule has 2 aliphatic rings. The molecule has 1 amide bonds. The summed E-state index contributed by atoms with van der Waals surface area (Å²) in [5.74, 6) is 1.28. The van der Waals surface area contributed by atoms with E-state index in [1.807, 2.05) is 36.5 Å². The first-order valence-corrected chi connectivity index (χ1v) is 10.0. The lowest BCUT2D eigenvalue weighted by atomic mass is 9.97. The van der Waals surface area contributed by atoms with Crippen molar-refractivity contribution in [1.29, 1.82) is 0 Å². The number of carbonyl (C=O) groups is 2. The fraction of sp³-hybridized carbons (Fsp3) is 0.409. The molecule has 2 aromatic rings. The van der Waals surface area contributed by atoms with Gasteiger partial charge >= 0.3 is 0 Å². The van der Waals surface area contributed by atoms with E-state index < -0.39 is 0 Å². The van der Waals surface area contributed by atoms with Crippen molar-refractivity contribution >= 4 is 23.2 Å². The van der Waals surface area contributed by atoms with E-state index >= 15 is 0 Å². The fourth-order valence-electron chi connectivity index (χ4n) is 3.91. The molecule has 28 heavy (non-hydrogen) atoms. The molecule has 1 saturated heterocycles. The lowest BCUT2D eigenvalue weighted by Crippen LogP contribution is -2.46. The molecule has 1 aromatic carbocycles. The summed E-state index contributed by atoms with van der Waals surface area (Å²) in [6.07, 6.45) is 4.47. The van der Waals surface area contributed by atoms with Gasteiger partial charge in [0.1, 0.15) is 5.82 Å². The van der Waals surface area contributed by atoms with E-state index in [0.29, 0.717) is 19.3 Å². The molecule has 6 heteroatoms. The Morgan fingerprint density at radius 1 is 1.07 bits per heavy atom. The molecule has 2 aliphatic heterocycles. The van der Waals surface area contributed by atoms with Crippen molar-refractivity contribution in [2.24, 2.45) is 0 Å². The number of hydrogen-bond donors (Lipinski definition) is 1. The molecule has 0 radical (unpaired) electrons. The summed E-state index contributed by atoms with van der Waals surface area (Å²) in [5.41, 5.74) is 2.67. The molecular weight excluding hydrogens is 352 g/mol. The molecule has 0 bridgehead atoms. The Bertz CT molecular complexity index is 845. The van der Waals surface area contributed by atoms with Crippen LogP contribution in [0.5, 0.6) is 0 Å². The Kier molecular flexibility index (Phi) is 5.67. The van der Waals surface area contributed by atoms with Crippen LogP contribution in [0.15, 0.2) is 42.6 Å². The number of nitrogens with zero attached hydrogens (tertiary/aromatic N) is 3. The molecule has 0 spiro atoms. The lowest BCUT2D eigenvalue weighted by molar-refractivity contribution is -0.116. The van der Waals surface area contributed by atoms with Crippen molar-refractivity contribution in [3.05, 3.63) is 53.7 Å². The van der Waals surface area contributed by atoms with Gasteiger partial charge in [-0.05, 0) is 55.3 Å². The lowest BCUT2D eigenvalue weighted by Gasteiger charge is -2.35. The highest BCUT2D eigenvalue weighted by Gasteiger charge is 2.19. The van der Waals surface area contributed by atoms with Gasteiger partial charge in [-0.15, -0.1) is 0 Å². The molecule has 146 valence electrons. The number of nitrogens with one attached hydrogen (secondary N) is 1. The molecule has 1 aromatic heterocycles. The van der Waals surface area contributed by atoms with Crippen LogP contribution >= 0.6 is 0 Å². The molecule has 0 unspecified atom stereocenters. The Balaban J connectivity index is 1.22. The number of carbonyl (C=O) groups excluding carboxylic acids is 2. The van der Waals surface area contributed by atoms with Crippen LogP contribution in [0.25, 0.3) is 0 Å². The molecule has 0 saturated carbocycles. The van der Waals surface area contributed by atoms with Crippen molar-refractivity contribution in [2.45, 2.75) is 25.7 Å². The third kappa shape index (κ3) is 4.39. The highest BCUT2D eigenvalue weighted by Crippen LogP contribution is 2.24. The Hall–Kier alpha value is -2.73. The monoisotopic (exact) mass is 378 g/mol. The van der Waals surface area contributed by atoms with Crippen LogP contribution in [0.2, 0.25) is 0 Å². The number of aryl methyl sites for hydroxylation is 1. The zero-order chi connectivity index (χ0) is 19.3. The normalized spacial score (nSPS) is 17.1. The van der Waals surface area contributed by atoms with Gasteiger partial charge in [0.2, 0.25) is 5.91 Å². The van der Waals surface area contributed by atoms with Crippen molar-refractivity contribution in [1.82, 2.24) is 9.88 Å². The second-order valence-corrected chi connectivity index (χ2v) is 7.46. The number of rotatable bonds is 6. The zero-order valence-electron chi connectivity index (χ0n) is 16.1. The summed E-state index contributed by atoms with van der Waals surface area (Å²) in [5, 5.41) is 2.86. The first kappa shape index (κ1) is 18.6. The van der Waals surface area contributed by atoms with Gasteiger partial charge in [0.25, 0.3) is 0 Å². The quantitative estimate of drug-likeness (QED) is 0.783. The van der Waals surface area contributed by atoms with Gasteiger partial charge < -0.3 is 10.2 Å². The van der Waals surface area contributed by atoms with Crippen molar-refractivity contribution in [2.75, 3.05) is 42.9 Å². The van der Waals surface area contributed by atoms with E-state index in [2.05, 4.69) is 26.2 Å². The number of ketones is 1. The third-order valence-corrected chi connectivity index (χ3v) is 5.55. The predicted molar refractivity (Wildman–Crippen MR) is 110 cm³/mol. The van der Waals surface area contributed by atoms with E-state index in [1.165, 1.54) is 0 Å². The first-order valence-electron chi connectivity index (χ1n) is 10.0. The van der Waals surface area contributed by atoms with Crippen LogP contribution in [-0.2, 0) is 11.2 Å². The molecule has 0 atom stereocenters. The summed E-state index contributed by atoms with van der Waals surface area (Å²) in [6.45, 7) is 4.90. The molecule has 3 heterocycles. The molecular formula is C22H26N4O2. The average molecular weight is 378 g/mol. The topological polar surface area (TPSA) is 65.5 Å². The Morgan fingerprint density at radius 2 is 1.93 bits per heavy atom. The maximum absolute atomic E-state index is 12.6. The molecule has 4 rings (SSSR count). The Labute approximate surface area is 165 Å². The number of fused-ring (bicyclic) bond motifs is 1. The maximum Gasteiger partial charge on any atom is 0.224 e. The van der Waals surface area contributed by atoms with Crippen molar-refractivity contribution < 1.29 is 9.59 Å². The smallest absolute Gasteiger partial charge is 0.224 e. The highest BCUT2D eigenvalue weighted by atomic mass is 16.1. The van der Waals surface area contributed by atoms with Gasteiger partial charge in [-0.1, -0.05) is 6.07 Å². The van der Waals surface area contributed by atoms with E-state index in [0.717, 1.165) is 61.8 Å². The number of hydrogen-bond acceptors (Lipinski definition) is 5. The van der Waals surface area contributed by atoms with Gasteiger partial charge in [-0.3, -0.25) is 14.5 Å². The average Bonchev–Trinajstić information content (AvgIpc) is 2.74. The number of benzene rings is 1. The van der Waals surface area contributed by atoms with Gasteiger partial charge in [-0.2, -0.15) is 0 Å². The fourth-order valence-corrected chi connectivity index (χ4v) is 3.91. The SMILES string of the molecule is O=C1CCc2cc(C(=O)CCCN3CCN(c4ccccn4)CC3)ccc2N1. The summed E-state index contributed by atoms with van der Waals surface area (Å²) in [4.78, 5) is 33.2. The molecule has 1 fully saturated rings. The number of piperazine rings is 1. The van der Waals surface area contributed by atoms with Gasteiger partial charge in [0.05, 0.1) is 0 Å². The number of pyridine rings is 1. The minimum absolute atomic E-state index is 0.0507. The van der Waals surface area contributed by atoms with Crippen LogP contribution in [0.3, 0.4) is 0 Å². The van der Waals surface area contributed by atoms with Gasteiger partial charge in [0, 0.05) is 56.5 Å². The highest BCUT2D eigenvalue weighted by molar-refractivity contribution is 5.98. The largest absolute Gasteiger partial charge is 0.354 e. The second-order valence-electron chi connectivity index (χ2n) is 7.46. The Morgan fingerprint density at radius 3 is 2.71 bits per heavy atom. The summed E-state index contributed by atoms with van der Waals surface area (Å²) in [6, 6.07) is 11.7. The zero-order valence-corrected chi connectivity index (χ0v) is 16.1. The van der Waals surface area contributed by atoms with Crippen LogP contribution in [0, 0.1) is 0 Å². The van der Waals surface area contributed by atoms with Crippen LogP contribution in [0.4, 0.5) is 11.5 Å². The van der Waals surface area contributed by atoms with Crippen LogP contribution < -0.4 is 10.2 Å². The van der Waals surface area contributed by atoms with E-state index in [9.17, 15) is 9.59 Å². The minimum atomic E-state index is 0.0507. The van der Waals surface area contributed by atoms with Crippen LogP contribution in [0.1, 0.15) is 35.2 Å². The number of Topliss-reactive ketones (excluding diaryl/α,β-unsaturated/α-hetero) is 1. The van der Waals surface area contributed by atoms with E-state index in [1.54, 1.807) is 0 Å². The molecule has 0 aliphatic carbocycles. The summed E-state index contributed by atoms with van der Waals surface area (Å²) >= 11 is 0. The maximum atomic E-state index is 12.6. The number of anilines is 2. The predicted octanol–water partition coefficient (Wildman–Crippen LogP) is 2.75. The summed E-state index contributed by atoms with van der Waals surface area (Å²) in [7, 11) is 0. The second kappa shape index (κ2) is 8.52. The summed E-state index contributed by atoms with van der Waals surface area (Å²) < 4.78 is 0. The van der Waals surface area contributed by atoms with E-state index in [-0.39, 0.29) is 11.7 Å².